The topological polar surface area (TPSA) is 35.5 Å². The maximum absolute atomic E-state index is 13.0. The van der Waals surface area contributed by atoms with Crippen molar-refractivity contribution in [2.24, 2.45) is 0 Å². The lowest BCUT2D eigenvalue weighted by molar-refractivity contribution is -0.255. The van der Waals surface area contributed by atoms with Crippen LogP contribution >= 0.6 is 15.9 Å². The second-order valence-electron chi connectivity index (χ2n) is 3.59. The fourth-order valence-electron chi connectivity index (χ4n) is 1.33. The van der Waals surface area contributed by atoms with Crippen molar-refractivity contribution in [2.45, 2.75) is 12.1 Å². The molecule has 0 radical (unpaired) electrons. The van der Waals surface area contributed by atoms with E-state index in [0.717, 1.165) is 19.2 Å². The molecule has 0 spiro atoms. The first-order valence-electron chi connectivity index (χ1n) is 4.97. The average Bonchev–Trinajstić information content (AvgIpc) is 2.36. The Morgan fingerprint density at radius 1 is 1.05 bits per heavy atom. The fourth-order valence-corrected chi connectivity index (χ4v) is 1.83. The van der Waals surface area contributed by atoms with Crippen LogP contribution in [0.1, 0.15) is 10.4 Å². The summed E-state index contributed by atoms with van der Waals surface area (Å²) in [5.41, 5.74) is -0.857. The zero-order valence-electron chi connectivity index (χ0n) is 10.1. The number of Topliss-reactive ketones (excluding diaryl/α,β-unsaturated/α-hetero) is 1. The molecule has 0 aliphatic heterocycles. The molecular formula is C11H8BrF5O3. The van der Waals surface area contributed by atoms with Crippen LogP contribution in [0.5, 0.6) is 11.5 Å². The van der Waals surface area contributed by atoms with Crippen molar-refractivity contribution in [1.29, 1.82) is 0 Å². The van der Waals surface area contributed by atoms with E-state index in [1.807, 2.05) is 0 Å². The van der Waals surface area contributed by atoms with E-state index in [1.165, 1.54) is 7.11 Å². The monoisotopic (exact) mass is 362 g/mol. The number of ketones is 1. The van der Waals surface area contributed by atoms with Crippen LogP contribution < -0.4 is 9.47 Å². The van der Waals surface area contributed by atoms with Crippen molar-refractivity contribution in [2.75, 3.05) is 14.2 Å². The first kappa shape index (κ1) is 16.7. The molecule has 3 nitrogen and oxygen atoms in total. The Morgan fingerprint density at radius 3 is 1.90 bits per heavy atom. The number of carbonyl (C=O) groups is 1. The molecule has 0 amide bonds. The molecule has 0 fully saturated rings. The predicted molar refractivity (Wildman–Crippen MR) is 62.6 cm³/mol. The molecule has 0 saturated carbocycles. The van der Waals surface area contributed by atoms with Gasteiger partial charge < -0.3 is 9.47 Å². The molecule has 1 aromatic carbocycles. The van der Waals surface area contributed by atoms with Gasteiger partial charge >= 0.3 is 12.1 Å². The van der Waals surface area contributed by atoms with Gasteiger partial charge in [-0.25, -0.2) is 0 Å². The smallest absolute Gasteiger partial charge is 0.461 e. The van der Waals surface area contributed by atoms with Gasteiger partial charge in [-0.05, 0) is 28.1 Å². The number of benzene rings is 1. The Morgan fingerprint density at radius 2 is 1.50 bits per heavy atom. The van der Waals surface area contributed by atoms with E-state index >= 15 is 0 Å². The van der Waals surface area contributed by atoms with Crippen LogP contribution in [-0.4, -0.2) is 32.1 Å². The van der Waals surface area contributed by atoms with Crippen molar-refractivity contribution in [3.05, 3.63) is 22.2 Å². The van der Waals surface area contributed by atoms with Gasteiger partial charge in [0.05, 0.1) is 14.2 Å². The number of alkyl halides is 5. The Hall–Kier alpha value is -1.38. The summed E-state index contributed by atoms with van der Waals surface area (Å²) in [6, 6.07) is 1.82. The summed E-state index contributed by atoms with van der Waals surface area (Å²) in [6.07, 6.45) is -5.98. The van der Waals surface area contributed by atoms with Crippen LogP contribution in [-0.2, 0) is 0 Å². The molecule has 9 heteroatoms. The van der Waals surface area contributed by atoms with Gasteiger partial charge in [0, 0.05) is 10.0 Å². The third kappa shape index (κ3) is 2.87. The summed E-state index contributed by atoms with van der Waals surface area (Å²) < 4.78 is 72.0. The van der Waals surface area contributed by atoms with Crippen molar-refractivity contribution in [3.63, 3.8) is 0 Å². The number of methoxy groups -OCH3 is 2. The summed E-state index contributed by atoms with van der Waals surface area (Å²) in [5, 5.41) is 0. The molecule has 1 rings (SSSR count). The molecule has 0 unspecified atom stereocenters. The fraction of sp³-hybridized carbons (Fsp3) is 0.364. The number of rotatable bonds is 4. The van der Waals surface area contributed by atoms with Crippen LogP contribution in [0, 0.1) is 0 Å². The van der Waals surface area contributed by atoms with Crippen LogP contribution in [0.15, 0.2) is 16.6 Å². The molecule has 0 atom stereocenters. The van der Waals surface area contributed by atoms with E-state index in [9.17, 15) is 26.7 Å². The molecular weight excluding hydrogens is 355 g/mol. The quantitative estimate of drug-likeness (QED) is 0.602. The molecule has 0 aliphatic carbocycles. The van der Waals surface area contributed by atoms with E-state index in [-0.39, 0.29) is 16.0 Å². The maximum Gasteiger partial charge on any atom is 0.461 e. The summed E-state index contributed by atoms with van der Waals surface area (Å²) in [5.74, 6) is -7.93. The molecule has 112 valence electrons. The van der Waals surface area contributed by atoms with Gasteiger partial charge in [-0.3, -0.25) is 4.79 Å². The van der Waals surface area contributed by atoms with Crippen LogP contribution in [0.2, 0.25) is 0 Å². The number of hydrogen-bond donors (Lipinski definition) is 0. The Bertz CT molecular complexity index is 528. The second kappa shape index (κ2) is 5.55. The Kier molecular flexibility index (Phi) is 4.62. The van der Waals surface area contributed by atoms with E-state index in [0.29, 0.717) is 0 Å². The molecule has 0 saturated heterocycles. The highest BCUT2D eigenvalue weighted by Gasteiger charge is 2.63. The summed E-state index contributed by atoms with van der Waals surface area (Å²) in [4.78, 5) is 11.4. The second-order valence-corrected chi connectivity index (χ2v) is 4.44. The standard InChI is InChI=1S/C11H8BrF5O3/c1-19-7-3-5(6(12)4-8(7)20-2)9(18)10(13,14)11(15,16)17/h3-4H,1-2H3. The molecule has 0 bridgehead atoms. The predicted octanol–water partition coefficient (Wildman–Crippen LogP) is 3.85. The number of ether oxygens (including phenoxy) is 2. The van der Waals surface area contributed by atoms with E-state index in [4.69, 9.17) is 9.47 Å². The molecule has 0 aliphatic rings. The molecule has 20 heavy (non-hydrogen) atoms. The first-order chi connectivity index (χ1) is 9.06. The third-order valence-electron chi connectivity index (χ3n) is 2.36. The number of halogens is 6. The maximum atomic E-state index is 13.0. The SMILES string of the molecule is COc1cc(Br)c(C(=O)C(F)(F)C(F)(F)F)cc1OC. The van der Waals surface area contributed by atoms with E-state index in [2.05, 4.69) is 15.9 Å². The van der Waals surface area contributed by atoms with E-state index < -0.39 is 23.4 Å². The molecule has 0 N–H and O–H groups in total. The lowest BCUT2D eigenvalue weighted by atomic mass is 10.0. The minimum atomic E-state index is -5.98. The third-order valence-corrected chi connectivity index (χ3v) is 3.02. The normalized spacial score (nSPS) is 12.2. The first-order valence-corrected chi connectivity index (χ1v) is 5.76. The van der Waals surface area contributed by atoms with Gasteiger partial charge in [-0.1, -0.05) is 0 Å². The largest absolute Gasteiger partial charge is 0.493 e. The van der Waals surface area contributed by atoms with Crippen molar-refractivity contribution in [1.82, 2.24) is 0 Å². The van der Waals surface area contributed by atoms with Crippen LogP contribution in [0.3, 0.4) is 0 Å². The highest BCUT2D eigenvalue weighted by Crippen LogP contribution is 2.41. The van der Waals surface area contributed by atoms with Gasteiger partial charge in [-0.2, -0.15) is 22.0 Å². The average molecular weight is 363 g/mol. The molecule has 0 aromatic heterocycles. The highest BCUT2D eigenvalue weighted by atomic mass is 79.9. The highest BCUT2D eigenvalue weighted by molar-refractivity contribution is 9.10. The lowest BCUT2D eigenvalue weighted by Gasteiger charge is -2.19. The summed E-state index contributed by atoms with van der Waals surface area (Å²) in [7, 11) is 2.40. The molecule has 1 aromatic rings. The van der Waals surface area contributed by atoms with Crippen molar-refractivity contribution < 1.29 is 36.2 Å². The van der Waals surface area contributed by atoms with Gasteiger partial charge in [0.15, 0.2) is 11.5 Å². The van der Waals surface area contributed by atoms with Gasteiger partial charge in [-0.15, -0.1) is 0 Å². The number of carbonyl (C=O) groups excluding carboxylic acids is 1. The van der Waals surface area contributed by atoms with Gasteiger partial charge in [0.2, 0.25) is 5.78 Å². The van der Waals surface area contributed by atoms with Crippen LogP contribution in [0.4, 0.5) is 22.0 Å². The zero-order valence-corrected chi connectivity index (χ0v) is 11.7. The van der Waals surface area contributed by atoms with Crippen molar-refractivity contribution >= 4 is 21.7 Å². The lowest BCUT2D eigenvalue weighted by Crippen LogP contribution is -2.44. The summed E-state index contributed by atoms with van der Waals surface area (Å²) in [6.45, 7) is 0. The molecule has 0 heterocycles. The minimum absolute atomic E-state index is 0.0752. The number of hydrogen-bond acceptors (Lipinski definition) is 3. The van der Waals surface area contributed by atoms with Gasteiger partial charge in [0.25, 0.3) is 0 Å². The van der Waals surface area contributed by atoms with E-state index in [1.54, 1.807) is 0 Å². The summed E-state index contributed by atoms with van der Waals surface area (Å²) >= 11 is 2.75. The zero-order chi connectivity index (χ0) is 15.7. The van der Waals surface area contributed by atoms with Gasteiger partial charge in [0.1, 0.15) is 0 Å². The Labute approximate surface area is 118 Å². The minimum Gasteiger partial charge on any atom is -0.493 e. The van der Waals surface area contributed by atoms with Crippen LogP contribution in [0.25, 0.3) is 0 Å². The Balaban J connectivity index is 3.37. The van der Waals surface area contributed by atoms with Crippen molar-refractivity contribution in [3.8, 4) is 11.5 Å².